The zero-order valence-corrected chi connectivity index (χ0v) is 9.68. The molecule has 0 aromatic carbocycles. The van der Waals surface area contributed by atoms with Gasteiger partial charge < -0.3 is 5.32 Å². The van der Waals surface area contributed by atoms with Crippen LogP contribution < -0.4 is 5.32 Å². The SMILES string of the molecule is CC(C)CNCC1CCN(CC(F)F)C1. The molecule has 1 rings (SSSR count). The molecule has 0 aromatic heterocycles. The summed E-state index contributed by atoms with van der Waals surface area (Å²) in [6, 6.07) is 0. The lowest BCUT2D eigenvalue weighted by molar-refractivity contribution is 0.0979. The van der Waals surface area contributed by atoms with Crippen LogP contribution in [0.1, 0.15) is 20.3 Å². The van der Waals surface area contributed by atoms with Crippen LogP contribution in [0, 0.1) is 11.8 Å². The molecule has 0 aromatic rings. The predicted molar refractivity (Wildman–Crippen MR) is 58.3 cm³/mol. The summed E-state index contributed by atoms with van der Waals surface area (Å²) >= 11 is 0. The van der Waals surface area contributed by atoms with Gasteiger partial charge in [0.05, 0.1) is 6.54 Å². The molecule has 0 aliphatic carbocycles. The number of nitrogens with one attached hydrogen (secondary N) is 1. The Hall–Kier alpha value is -0.220. The molecule has 1 heterocycles. The van der Waals surface area contributed by atoms with Gasteiger partial charge in [0.1, 0.15) is 0 Å². The molecule has 1 unspecified atom stereocenters. The van der Waals surface area contributed by atoms with Crippen LogP contribution in [0.2, 0.25) is 0 Å². The first-order chi connectivity index (χ1) is 7.08. The van der Waals surface area contributed by atoms with Crippen LogP contribution in [0.3, 0.4) is 0 Å². The van der Waals surface area contributed by atoms with Crippen molar-refractivity contribution < 1.29 is 8.78 Å². The molecule has 0 amide bonds. The largest absolute Gasteiger partial charge is 0.316 e. The first kappa shape index (κ1) is 12.8. The molecule has 1 N–H and O–H groups in total. The zero-order chi connectivity index (χ0) is 11.3. The highest BCUT2D eigenvalue weighted by Crippen LogP contribution is 2.16. The van der Waals surface area contributed by atoms with Crippen LogP contribution in [0.4, 0.5) is 8.78 Å². The standard InChI is InChI=1S/C11H22F2N2/c1-9(2)5-14-6-10-3-4-15(7-10)8-11(12)13/h9-11,14H,3-8H2,1-2H3. The van der Waals surface area contributed by atoms with E-state index >= 15 is 0 Å². The molecule has 1 fully saturated rings. The van der Waals surface area contributed by atoms with Gasteiger partial charge in [0.15, 0.2) is 0 Å². The van der Waals surface area contributed by atoms with Gasteiger partial charge in [-0.3, -0.25) is 4.90 Å². The molecule has 1 aliphatic heterocycles. The molecule has 4 heteroatoms. The Bertz CT molecular complexity index is 174. The van der Waals surface area contributed by atoms with Crippen molar-refractivity contribution in [1.29, 1.82) is 0 Å². The Balaban J connectivity index is 2.08. The van der Waals surface area contributed by atoms with Crippen molar-refractivity contribution in [1.82, 2.24) is 10.2 Å². The van der Waals surface area contributed by atoms with Gasteiger partial charge in [-0.05, 0) is 37.9 Å². The first-order valence-corrected chi connectivity index (χ1v) is 5.79. The summed E-state index contributed by atoms with van der Waals surface area (Å²) in [5.74, 6) is 1.21. The summed E-state index contributed by atoms with van der Waals surface area (Å²) in [7, 11) is 0. The number of alkyl halides is 2. The molecule has 2 nitrogen and oxygen atoms in total. The van der Waals surface area contributed by atoms with Gasteiger partial charge in [0.2, 0.25) is 0 Å². The van der Waals surface area contributed by atoms with Gasteiger partial charge >= 0.3 is 0 Å². The zero-order valence-electron chi connectivity index (χ0n) is 9.68. The van der Waals surface area contributed by atoms with E-state index in [0.717, 1.165) is 32.6 Å². The van der Waals surface area contributed by atoms with E-state index in [0.29, 0.717) is 11.8 Å². The van der Waals surface area contributed by atoms with Gasteiger partial charge in [0, 0.05) is 6.54 Å². The number of nitrogens with zero attached hydrogens (tertiary/aromatic N) is 1. The maximum Gasteiger partial charge on any atom is 0.251 e. The highest BCUT2D eigenvalue weighted by molar-refractivity contribution is 4.77. The van der Waals surface area contributed by atoms with E-state index in [4.69, 9.17) is 0 Å². The van der Waals surface area contributed by atoms with Crippen molar-refractivity contribution in [2.75, 3.05) is 32.7 Å². The van der Waals surface area contributed by atoms with E-state index in [1.54, 1.807) is 0 Å². The number of rotatable bonds is 6. The smallest absolute Gasteiger partial charge is 0.251 e. The number of hydrogen-bond acceptors (Lipinski definition) is 2. The van der Waals surface area contributed by atoms with E-state index < -0.39 is 6.43 Å². The number of likely N-dealkylation sites (tertiary alicyclic amines) is 1. The normalized spacial score (nSPS) is 23.2. The van der Waals surface area contributed by atoms with Crippen molar-refractivity contribution >= 4 is 0 Å². The number of hydrogen-bond donors (Lipinski definition) is 1. The van der Waals surface area contributed by atoms with Crippen LogP contribution in [0.15, 0.2) is 0 Å². The molecule has 15 heavy (non-hydrogen) atoms. The molecule has 90 valence electrons. The van der Waals surface area contributed by atoms with Crippen LogP contribution in [0.5, 0.6) is 0 Å². The predicted octanol–water partition coefficient (Wildman–Crippen LogP) is 1.82. The van der Waals surface area contributed by atoms with E-state index in [1.807, 2.05) is 4.90 Å². The molecule has 1 saturated heterocycles. The van der Waals surface area contributed by atoms with Gasteiger partial charge in [-0.25, -0.2) is 8.78 Å². The monoisotopic (exact) mass is 220 g/mol. The van der Waals surface area contributed by atoms with E-state index in [-0.39, 0.29) is 6.54 Å². The second-order valence-electron chi connectivity index (χ2n) is 4.86. The summed E-state index contributed by atoms with van der Waals surface area (Å²) in [6.45, 7) is 7.94. The lowest BCUT2D eigenvalue weighted by Gasteiger charge is -2.16. The van der Waals surface area contributed by atoms with E-state index in [9.17, 15) is 8.78 Å². The lowest BCUT2D eigenvalue weighted by atomic mass is 10.1. The highest BCUT2D eigenvalue weighted by atomic mass is 19.3. The van der Waals surface area contributed by atoms with Crippen LogP contribution in [-0.2, 0) is 0 Å². The van der Waals surface area contributed by atoms with E-state index in [1.165, 1.54) is 0 Å². The molecule has 0 radical (unpaired) electrons. The Morgan fingerprint density at radius 1 is 1.40 bits per heavy atom. The highest BCUT2D eigenvalue weighted by Gasteiger charge is 2.23. The van der Waals surface area contributed by atoms with Gasteiger partial charge in [-0.2, -0.15) is 0 Å². The summed E-state index contributed by atoms with van der Waals surface area (Å²) in [5, 5.41) is 3.39. The lowest BCUT2D eigenvalue weighted by Crippen LogP contribution is -2.30. The summed E-state index contributed by atoms with van der Waals surface area (Å²) < 4.78 is 24.2. The minimum absolute atomic E-state index is 0.0549. The van der Waals surface area contributed by atoms with Crippen molar-refractivity contribution in [3.05, 3.63) is 0 Å². The second-order valence-corrected chi connectivity index (χ2v) is 4.86. The summed E-state index contributed by atoms with van der Waals surface area (Å²) in [6.07, 6.45) is -1.13. The van der Waals surface area contributed by atoms with Gasteiger partial charge in [0.25, 0.3) is 6.43 Å². The maximum atomic E-state index is 12.1. The van der Waals surface area contributed by atoms with Crippen LogP contribution >= 0.6 is 0 Å². The molecule has 0 spiro atoms. The van der Waals surface area contributed by atoms with Gasteiger partial charge in [-0.15, -0.1) is 0 Å². The summed E-state index contributed by atoms with van der Waals surface area (Å²) in [4.78, 5) is 1.87. The topological polar surface area (TPSA) is 15.3 Å². The molecule has 0 saturated carbocycles. The quantitative estimate of drug-likeness (QED) is 0.734. The third-order valence-corrected chi connectivity index (χ3v) is 2.75. The fraction of sp³-hybridized carbons (Fsp3) is 1.00. The van der Waals surface area contributed by atoms with Crippen molar-refractivity contribution in [2.24, 2.45) is 11.8 Å². The van der Waals surface area contributed by atoms with Crippen molar-refractivity contribution in [3.63, 3.8) is 0 Å². The third-order valence-electron chi connectivity index (χ3n) is 2.75. The fourth-order valence-corrected chi connectivity index (χ4v) is 2.02. The Morgan fingerprint density at radius 3 is 2.73 bits per heavy atom. The molecular formula is C11H22F2N2. The summed E-state index contributed by atoms with van der Waals surface area (Å²) in [5.41, 5.74) is 0. The van der Waals surface area contributed by atoms with Crippen molar-refractivity contribution in [3.8, 4) is 0 Å². The number of halogens is 2. The third kappa shape index (κ3) is 5.42. The van der Waals surface area contributed by atoms with E-state index in [2.05, 4.69) is 19.2 Å². The van der Waals surface area contributed by atoms with Crippen molar-refractivity contribution in [2.45, 2.75) is 26.7 Å². The minimum Gasteiger partial charge on any atom is -0.316 e. The van der Waals surface area contributed by atoms with Gasteiger partial charge in [-0.1, -0.05) is 13.8 Å². The minimum atomic E-state index is -2.19. The molecule has 1 atom stereocenters. The second kappa shape index (κ2) is 6.38. The molecular weight excluding hydrogens is 198 g/mol. The Kier molecular flexibility index (Phi) is 5.47. The fourth-order valence-electron chi connectivity index (χ4n) is 2.02. The average Bonchev–Trinajstić information content (AvgIpc) is 2.50. The average molecular weight is 220 g/mol. The Morgan fingerprint density at radius 2 is 2.13 bits per heavy atom. The maximum absolute atomic E-state index is 12.1. The van der Waals surface area contributed by atoms with Crippen LogP contribution in [0.25, 0.3) is 0 Å². The molecule has 0 bridgehead atoms. The Labute approximate surface area is 91.0 Å². The van der Waals surface area contributed by atoms with Crippen LogP contribution in [-0.4, -0.2) is 44.0 Å². The molecule has 1 aliphatic rings. The first-order valence-electron chi connectivity index (χ1n) is 5.79.